The number of benzene rings is 2. The molecule has 7 nitrogen and oxygen atoms in total. The largest absolute Gasteiger partial charge is 0.497 e. The van der Waals surface area contributed by atoms with Crippen LogP contribution in [0.2, 0.25) is 0 Å². The average Bonchev–Trinajstić information content (AvgIpc) is 2.77. The van der Waals surface area contributed by atoms with Crippen molar-refractivity contribution >= 4 is 11.6 Å². The maximum Gasteiger partial charge on any atom is 0.260 e. The summed E-state index contributed by atoms with van der Waals surface area (Å²) in [4.78, 5) is 16.6. The molecular weight excluding hydrogens is 360 g/mol. The Morgan fingerprint density at radius 1 is 0.857 bits per heavy atom. The molecular formula is C21H26N2O5. The van der Waals surface area contributed by atoms with E-state index in [1.54, 1.807) is 33.5 Å². The number of amides is 1. The molecule has 1 aliphatic rings. The molecule has 1 amide bonds. The van der Waals surface area contributed by atoms with Crippen LogP contribution in [0.4, 0.5) is 5.69 Å². The van der Waals surface area contributed by atoms with Gasteiger partial charge in [-0.05, 0) is 24.3 Å². The summed E-state index contributed by atoms with van der Waals surface area (Å²) in [5, 5.41) is 0. The average molecular weight is 386 g/mol. The van der Waals surface area contributed by atoms with Gasteiger partial charge in [0, 0.05) is 32.2 Å². The van der Waals surface area contributed by atoms with Gasteiger partial charge >= 0.3 is 0 Å². The highest BCUT2D eigenvalue weighted by atomic mass is 16.5. The van der Waals surface area contributed by atoms with Crippen molar-refractivity contribution in [2.24, 2.45) is 0 Å². The minimum Gasteiger partial charge on any atom is -0.497 e. The molecule has 3 rings (SSSR count). The van der Waals surface area contributed by atoms with Gasteiger partial charge < -0.3 is 28.7 Å². The van der Waals surface area contributed by atoms with E-state index in [-0.39, 0.29) is 12.5 Å². The predicted octanol–water partition coefficient (Wildman–Crippen LogP) is 2.44. The van der Waals surface area contributed by atoms with Crippen LogP contribution in [0.25, 0.3) is 0 Å². The maximum absolute atomic E-state index is 12.5. The fourth-order valence-corrected chi connectivity index (χ4v) is 3.21. The number of nitrogens with zero attached hydrogens (tertiary/aromatic N) is 2. The zero-order valence-electron chi connectivity index (χ0n) is 16.5. The highest BCUT2D eigenvalue weighted by Gasteiger charge is 2.24. The maximum atomic E-state index is 12.5. The molecule has 0 aromatic heterocycles. The van der Waals surface area contributed by atoms with Gasteiger partial charge in [0.25, 0.3) is 5.91 Å². The topological polar surface area (TPSA) is 60.5 Å². The summed E-state index contributed by atoms with van der Waals surface area (Å²) < 4.78 is 21.7. The molecule has 0 aliphatic carbocycles. The second-order valence-corrected chi connectivity index (χ2v) is 6.35. The molecule has 0 spiro atoms. The van der Waals surface area contributed by atoms with E-state index in [9.17, 15) is 4.79 Å². The van der Waals surface area contributed by atoms with Gasteiger partial charge in [-0.3, -0.25) is 4.79 Å². The predicted molar refractivity (Wildman–Crippen MR) is 107 cm³/mol. The molecule has 1 saturated heterocycles. The van der Waals surface area contributed by atoms with E-state index in [1.807, 2.05) is 35.2 Å². The van der Waals surface area contributed by atoms with Crippen molar-refractivity contribution in [2.45, 2.75) is 0 Å². The monoisotopic (exact) mass is 386 g/mol. The first kappa shape index (κ1) is 19.7. The lowest BCUT2D eigenvalue weighted by molar-refractivity contribution is -0.133. The Kier molecular flexibility index (Phi) is 6.47. The first-order valence-corrected chi connectivity index (χ1v) is 9.17. The van der Waals surface area contributed by atoms with Crippen LogP contribution in [0.5, 0.6) is 23.0 Å². The first-order chi connectivity index (χ1) is 13.7. The van der Waals surface area contributed by atoms with Gasteiger partial charge in [-0.1, -0.05) is 12.1 Å². The Morgan fingerprint density at radius 2 is 1.54 bits per heavy atom. The minimum absolute atomic E-state index is 0.0111. The van der Waals surface area contributed by atoms with Crippen LogP contribution >= 0.6 is 0 Å². The minimum atomic E-state index is -0.0387. The molecule has 0 atom stereocenters. The molecule has 0 saturated carbocycles. The number of anilines is 1. The summed E-state index contributed by atoms with van der Waals surface area (Å²) in [7, 11) is 4.88. The van der Waals surface area contributed by atoms with E-state index in [2.05, 4.69) is 4.90 Å². The fraction of sp³-hybridized carbons (Fsp3) is 0.381. The zero-order chi connectivity index (χ0) is 19.9. The van der Waals surface area contributed by atoms with Gasteiger partial charge in [-0.2, -0.15) is 0 Å². The van der Waals surface area contributed by atoms with Crippen LogP contribution < -0.4 is 23.8 Å². The van der Waals surface area contributed by atoms with Crippen LogP contribution in [0.3, 0.4) is 0 Å². The highest BCUT2D eigenvalue weighted by Crippen LogP contribution is 2.33. The summed E-state index contributed by atoms with van der Waals surface area (Å²) in [6.45, 7) is 2.65. The van der Waals surface area contributed by atoms with Gasteiger partial charge in [-0.25, -0.2) is 0 Å². The Balaban J connectivity index is 1.57. The van der Waals surface area contributed by atoms with Crippen molar-refractivity contribution in [3.63, 3.8) is 0 Å². The van der Waals surface area contributed by atoms with Crippen LogP contribution in [-0.2, 0) is 4.79 Å². The third-order valence-corrected chi connectivity index (χ3v) is 4.78. The van der Waals surface area contributed by atoms with E-state index < -0.39 is 0 Å². The Bertz CT molecular complexity index is 803. The van der Waals surface area contributed by atoms with Crippen LogP contribution in [0.1, 0.15) is 0 Å². The number of piperazine rings is 1. The summed E-state index contributed by atoms with van der Waals surface area (Å²) >= 11 is 0. The Morgan fingerprint density at radius 3 is 2.18 bits per heavy atom. The van der Waals surface area contributed by atoms with Gasteiger partial charge in [0.05, 0.1) is 27.0 Å². The smallest absolute Gasteiger partial charge is 0.260 e. The lowest BCUT2D eigenvalue weighted by atomic mass is 10.2. The summed E-state index contributed by atoms with van der Waals surface area (Å²) in [6, 6.07) is 13.0. The SMILES string of the molecule is COc1ccc(OC)c(N2CCN(C(=O)COc3ccccc3OC)CC2)c1. The molecule has 28 heavy (non-hydrogen) atoms. The van der Waals surface area contributed by atoms with E-state index in [0.717, 1.165) is 17.2 Å². The zero-order valence-corrected chi connectivity index (χ0v) is 16.5. The summed E-state index contributed by atoms with van der Waals surface area (Å²) in [6.07, 6.45) is 0. The molecule has 7 heteroatoms. The van der Waals surface area contributed by atoms with Gasteiger partial charge in [0.15, 0.2) is 18.1 Å². The van der Waals surface area contributed by atoms with Crippen molar-refractivity contribution < 1.29 is 23.7 Å². The van der Waals surface area contributed by atoms with E-state index >= 15 is 0 Å². The number of carbonyl (C=O) groups is 1. The fourth-order valence-electron chi connectivity index (χ4n) is 3.21. The van der Waals surface area contributed by atoms with Crippen molar-refractivity contribution in [3.8, 4) is 23.0 Å². The van der Waals surface area contributed by atoms with Gasteiger partial charge in [-0.15, -0.1) is 0 Å². The van der Waals surface area contributed by atoms with E-state index in [4.69, 9.17) is 18.9 Å². The molecule has 1 heterocycles. The summed E-state index contributed by atoms with van der Waals surface area (Å²) in [5.74, 6) is 2.71. The van der Waals surface area contributed by atoms with Crippen molar-refractivity contribution in [2.75, 3.05) is 59.0 Å². The van der Waals surface area contributed by atoms with Crippen molar-refractivity contribution in [1.29, 1.82) is 0 Å². The number of hydrogen-bond acceptors (Lipinski definition) is 6. The van der Waals surface area contributed by atoms with Crippen molar-refractivity contribution in [1.82, 2.24) is 4.90 Å². The number of methoxy groups -OCH3 is 3. The number of ether oxygens (including phenoxy) is 4. The Hall–Kier alpha value is -3.09. The van der Waals surface area contributed by atoms with Gasteiger partial charge in [0.1, 0.15) is 11.5 Å². The molecule has 2 aromatic rings. The van der Waals surface area contributed by atoms with Crippen LogP contribution in [-0.4, -0.2) is 64.9 Å². The van der Waals surface area contributed by atoms with Crippen LogP contribution in [0, 0.1) is 0 Å². The molecule has 2 aromatic carbocycles. The van der Waals surface area contributed by atoms with E-state index in [0.29, 0.717) is 37.7 Å². The second-order valence-electron chi connectivity index (χ2n) is 6.35. The number of para-hydroxylation sites is 2. The third-order valence-electron chi connectivity index (χ3n) is 4.78. The molecule has 0 radical (unpaired) electrons. The second kappa shape index (κ2) is 9.21. The quantitative estimate of drug-likeness (QED) is 0.729. The first-order valence-electron chi connectivity index (χ1n) is 9.17. The lowest BCUT2D eigenvalue weighted by Crippen LogP contribution is -2.50. The lowest BCUT2D eigenvalue weighted by Gasteiger charge is -2.36. The number of hydrogen-bond donors (Lipinski definition) is 0. The molecule has 1 aliphatic heterocycles. The number of carbonyl (C=O) groups excluding carboxylic acids is 1. The standard InChI is InChI=1S/C21H26N2O5/c1-25-16-8-9-18(26-2)17(14-16)22-10-12-23(13-11-22)21(24)15-28-20-7-5-4-6-19(20)27-3/h4-9,14H,10-13,15H2,1-3H3. The molecule has 0 bridgehead atoms. The van der Waals surface area contributed by atoms with Crippen molar-refractivity contribution in [3.05, 3.63) is 42.5 Å². The summed E-state index contributed by atoms with van der Waals surface area (Å²) in [5.41, 5.74) is 0.972. The third kappa shape index (κ3) is 4.42. The molecule has 0 N–H and O–H groups in total. The number of rotatable bonds is 7. The molecule has 1 fully saturated rings. The Labute approximate surface area is 165 Å². The van der Waals surface area contributed by atoms with Crippen LogP contribution in [0.15, 0.2) is 42.5 Å². The van der Waals surface area contributed by atoms with E-state index in [1.165, 1.54) is 0 Å². The highest BCUT2D eigenvalue weighted by molar-refractivity contribution is 5.78. The normalized spacial score (nSPS) is 13.8. The molecule has 0 unspecified atom stereocenters. The molecule has 150 valence electrons. The van der Waals surface area contributed by atoms with Gasteiger partial charge in [0.2, 0.25) is 0 Å².